The zero-order valence-electron chi connectivity index (χ0n) is 12.3. The van der Waals surface area contributed by atoms with Crippen LogP contribution >= 0.6 is 11.6 Å². The van der Waals surface area contributed by atoms with Gasteiger partial charge in [0.2, 0.25) is 0 Å². The van der Waals surface area contributed by atoms with Crippen molar-refractivity contribution in [2.24, 2.45) is 0 Å². The van der Waals surface area contributed by atoms with E-state index in [4.69, 9.17) is 26.8 Å². The van der Waals surface area contributed by atoms with Gasteiger partial charge in [0.25, 0.3) is 5.91 Å². The average Bonchev–Trinajstić information content (AvgIpc) is 2.53. The van der Waals surface area contributed by atoms with E-state index in [2.05, 4.69) is 5.32 Å². The smallest absolute Gasteiger partial charge is 0.340 e. The first-order valence-electron chi connectivity index (χ1n) is 6.65. The number of halogens is 1. The Kier molecular flexibility index (Phi) is 5.43. The predicted molar refractivity (Wildman–Crippen MR) is 87.8 cm³/mol. The van der Waals surface area contributed by atoms with E-state index < -0.39 is 18.5 Å². The van der Waals surface area contributed by atoms with Crippen molar-refractivity contribution in [2.75, 3.05) is 24.8 Å². The maximum Gasteiger partial charge on any atom is 0.340 e. The maximum absolute atomic E-state index is 11.9. The molecule has 0 fully saturated rings. The molecule has 7 heteroatoms. The Labute approximate surface area is 138 Å². The maximum atomic E-state index is 11.9. The molecule has 0 spiro atoms. The third-order valence-electron chi connectivity index (χ3n) is 2.92. The van der Waals surface area contributed by atoms with Crippen molar-refractivity contribution >= 4 is 34.9 Å². The number of amides is 1. The molecule has 0 atom stereocenters. The minimum Gasteiger partial charge on any atom is -0.497 e. The van der Waals surface area contributed by atoms with Gasteiger partial charge in [0.1, 0.15) is 5.75 Å². The van der Waals surface area contributed by atoms with E-state index in [0.717, 1.165) is 0 Å². The number of esters is 1. The van der Waals surface area contributed by atoms with Crippen molar-refractivity contribution in [2.45, 2.75) is 0 Å². The van der Waals surface area contributed by atoms with Gasteiger partial charge in [0.15, 0.2) is 6.61 Å². The number of carbonyl (C=O) groups excluding carboxylic acids is 2. The normalized spacial score (nSPS) is 10.0. The highest BCUT2D eigenvalue weighted by molar-refractivity contribution is 6.31. The Morgan fingerprint density at radius 3 is 2.70 bits per heavy atom. The summed E-state index contributed by atoms with van der Waals surface area (Å²) in [5, 5.41) is 3.01. The van der Waals surface area contributed by atoms with Crippen molar-refractivity contribution in [3.05, 3.63) is 53.1 Å². The number of carbonyl (C=O) groups is 2. The van der Waals surface area contributed by atoms with E-state index in [9.17, 15) is 9.59 Å². The lowest BCUT2D eigenvalue weighted by Gasteiger charge is -2.09. The second kappa shape index (κ2) is 7.51. The molecule has 1 amide bonds. The Morgan fingerprint density at radius 1 is 1.22 bits per heavy atom. The zero-order valence-corrected chi connectivity index (χ0v) is 13.1. The fraction of sp³-hybridized carbons (Fsp3) is 0.125. The number of ether oxygens (including phenoxy) is 2. The molecule has 0 aliphatic rings. The molecule has 120 valence electrons. The Balaban J connectivity index is 1.92. The van der Waals surface area contributed by atoms with Crippen molar-refractivity contribution in [1.82, 2.24) is 0 Å². The number of benzene rings is 2. The van der Waals surface area contributed by atoms with E-state index in [1.165, 1.54) is 25.3 Å². The largest absolute Gasteiger partial charge is 0.497 e. The quantitative estimate of drug-likeness (QED) is 0.648. The van der Waals surface area contributed by atoms with Gasteiger partial charge in [-0.1, -0.05) is 17.7 Å². The van der Waals surface area contributed by atoms with Gasteiger partial charge in [-0.3, -0.25) is 4.79 Å². The number of hydrogen-bond acceptors (Lipinski definition) is 5. The number of anilines is 2. The Bertz CT molecular complexity index is 734. The summed E-state index contributed by atoms with van der Waals surface area (Å²) in [6.07, 6.45) is 0. The van der Waals surface area contributed by atoms with Gasteiger partial charge >= 0.3 is 5.97 Å². The summed E-state index contributed by atoms with van der Waals surface area (Å²) in [4.78, 5) is 23.7. The molecule has 0 aliphatic carbocycles. The summed E-state index contributed by atoms with van der Waals surface area (Å²) in [6.45, 7) is -0.432. The fourth-order valence-electron chi connectivity index (χ4n) is 1.83. The Hall–Kier alpha value is -2.73. The minimum absolute atomic E-state index is 0.156. The lowest BCUT2D eigenvalue weighted by molar-refractivity contribution is -0.119. The number of hydrogen-bond donors (Lipinski definition) is 2. The minimum atomic E-state index is -0.694. The molecule has 0 unspecified atom stereocenters. The van der Waals surface area contributed by atoms with Crippen LogP contribution in [0.3, 0.4) is 0 Å². The van der Waals surface area contributed by atoms with E-state index >= 15 is 0 Å². The fourth-order valence-corrected chi connectivity index (χ4v) is 2.01. The molecule has 0 aliphatic heterocycles. The van der Waals surface area contributed by atoms with Crippen LogP contribution in [0.4, 0.5) is 11.4 Å². The highest BCUT2D eigenvalue weighted by Crippen LogP contribution is 2.19. The van der Waals surface area contributed by atoms with Crippen molar-refractivity contribution < 1.29 is 19.1 Å². The van der Waals surface area contributed by atoms with Crippen LogP contribution in [0.2, 0.25) is 5.02 Å². The van der Waals surface area contributed by atoms with Crippen LogP contribution in [0.25, 0.3) is 0 Å². The van der Waals surface area contributed by atoms with Crippen molar-refractivity contribution in [3.8, 4) is 5.75 Å². The lowest BCUT2D eigenvalue weighted by atomic mass is 10.2. The summed E-state index contributed by atoms with van der Waals surface area (Å²) >= 11 is 5.76. The van der Waals surface area contributed by atoms with Gasteiger partial charge < -0.3 is 20.5 Å². The van der Waals surface area contributed by atoms with Crippen LogP contribution in [0.15, 0.2) is 42.5 Å². The van der Waals surface area contributed by atoms with Crippen LogP contribution in [0.1, 0.15) is 10.4 Å². The van der Waals surface area contributed by atoms with Gasteiger partial charge in [-0.05, 0) is 30.3 Å². The van der Waals surface area contributed by atoms with Crippen LogP contribution < -0.4 is 15.8 Å². The first-order chi connectivity index (χ1) is 11.0. The molecular weight excluding hydrogens is 320 g/mol. The van der Waals surface area contributed by atoms with Crippen molar-refractivity contribution in [3.63, 3.8) is 0 Å². The molecule has 0 radical (unpaired) electrons. The highest BCUT2D eigenvalue weighted by Gasteiger charge is 2.13. The summed E-state index contributed by atoms with van der Waals surface area (Å²) in [7, 11) is 1.53. The number of rotatable bonds is 5. The van der Waals surface area contributed by atoms with E-state index in [-0.39, 0.29) is 11.3 Å². The summed E-state index contributed by atoms with van der Waals surface area (Å²) in [5.74, 6) is -0.562. The second-order valence-electron chi connectivity index (χ2n) is 4.59. The standard InChI is InChI=1S/C16H15ClN2O4/c1-22-12-4-2-3-11(8-12)19-15(20)9-23-16(21)13-6-5-10(17)7-14(13)18/h2-8H,9,18H2,1H3,(H,19,20). The number of nitrogens with one attached hydrogen (secondary N) is 1. The van der Waals surface area contributed by atoms with Crippen LogP contribution in [-0.4, -0.2) is 25.6 Å². The van der Waals surface area contributed by atoms with E-state index in [1.807, 2.05) is 0 Å². The van der Waals surface area contributed by atoms with Crippen LogP contribution in [-0.2, 0) is 9.53 Å². The summed E-state index contributed by atoms with van der Waals surface area (Å²) in [5.41, 5.74) is 6.57. The molecule has 0 saturated heterocycles. The molecule has 2 rings (SSSR count). The van der Waals surface area contributed by atoms with E-state index in [1.54, 1.807) is 24.3 Å². The SMILES string of the molecule is COc1cccc(NC(=O)COC(=O)c2ccc(Cl)cc2N)c1. The van der Waals surface area contributed by atoms with Gasteiger partial charge in [-0.2, -0.15) is 0 Å². The molecule has 2 aromatic carbocycles. The number of nitrogen functional groups attached to an aromatic ring is 1. The van der Waals surface area contributed by atoms with Gasteiger partial charge in [0, 0.05) is 22.5 Å². The molecule has 0 aromatic heterocycles. The highest BCUT2D eigenvalue weighted by atomic mass is 35.5. The van der Waals surface area contributed by atoms with Crippen LogP contribution in [0.5, 0.6) is 5.75 Å². The Morgan fingerprint density at radius 2 is 2.00 bits per heavy atom. The monoisotopic (exact) mass is 334 g/mol. The van der Waals surface area contributed by atoms with Crippen LogP contribution in [0, 0.1) is 0 Å². The van der Waals surface area contributed by atoms with Crippen molar-refractivity contribution in [1.29, 1.82) is 0 Å². The topological polar surface area (TPSA) is 90.6 Å². The molecule has 3 N–H and O–H groups in total. The third-order valence-corrected chi connectivity index (χ3v) is 3.16. The third kappa shape index (κ3) is 4.62. The van der Waals surface area contributed by atoms with Gasteiger partial charge in [0.05, 0.1) is 12.7 Å². The molecule has 6 nitrogen and oxygen atoms in total. The molecule has 0 saturated carbocycles. The van der Waals surface area contributed by atoms with Gasteiger partial charge in [-0.15, -0.1) is 0 Å². The lowest BCUT2D eigenvalue weighted by Crippen LogP contribution is -2.21. The first-order valence-corrected chi connectivity index (χ1v) is 7.03. The van der Waals surface area contributed by atoms with Gasteiger partial charge in [-0.25, -0.2) is 4.79 Å². The molecule has 2 aromatic rings. The zero-order chi connectivity index (χ0) is 16.8. The molecule has 23 heavy (non-hydrogen) atoms. The molecule has 0 heterocycles. The molecular formula is C16H15ClN2O4. The summed E-state index contributed by atoms with van der Waals surface area (Å²) < 4.78 is 9.99. The number of nitrogens with two attached hydrogens (primary N) is 1. The average molecular weight is 335 g/mol. The second-order valence-corrected chi connectivity index (χ2v) is 5.02. The number of methoxy groups -OCH3 is 1. The van der Waals surface area contributed by atoms with E-state index in [0.29, 0.717) is 16.5 Å². The summed E-state index contributed by atoms with van der Waals surface area (Å²) in [6, 6.07) is 11.2. The first kappa shape index (κ1) is 16.6. The predicted octanol–water partition coefficient (Wildman–Crippen LogP) is 2.73. The molecule has 0 bridgehead atoms.